The zero-order valence-corrected chi connectivity index (χ0v) is 22.4. The maximum atomic E-state index is 11.9. The Bertz CT molecular complexity index is 1310. The monoisotopic (exact) mass is 504 g/mol. The van der Waals surface area contributed by atoms with Crippen molar-refractivity contribution in [1.29, 1.82) is 0 Å². The minimum Gasteiger partial charge on any atom is -0.378 e. The summed E-state index contributed by atoms with van der Waals surface area (Å²) < 4.78 is 0. The van der Waals surface area contributed by atoms with Crippen molar-refractivity contribution in [2.45, 2.75) is 57.8 Å². The number of nitrogens with two attached hydrogens (primary N) is 1. The summed E-state index contributed by atoms with van der Waals surface area (Å²) >= 11 is 0. The Morgan fingerprint density at radius 3 is 2.46 bits per heavy atom. The molecule has 0 spiro atoms. The summed E-state index contributed by atoms with van der Waals surface area (Å²) in [4.78, 5) is 42.0. The fraction of sp³-hybridized carbons (Fsp3) is 0.433. The van der Waals surface area contributed by atoms with Crippen LogP contribution in [0, 0.1) is 0 Å². The third-order valence-electron chi connectivity index (χ3n) is 7.43. The van der Waals surface area contributed by atoms with Gasteiger partial charge in [-0.25, -0.2) is 4.79 Å². The molecule has 2 amide bonds. The van der Waals surface area contributed by atoms with Crippen LogP contribution in [0.5, 0.6) is 0 Å². The van der Waals surface area contributed by atoms with Gasteiger partial charge < -0.3 is 15.1 Å². The van der Waals surface area contributed by atoms with Crippen molar-refractivity contribution in [3.63, 3.8) is 0 Å². The summed E-state index contributed by atoms with van der Waals surface area (Å²) in [7, 11) is 4.14. The number of amides is 2. The zero-order valence-electron chi connectivity index (χ0n) is 22.4. The number of anilines is 1. The first kappa shape index (κ1) is 26.6. The van der Waals surface area contributed by atoms with Gasteiger partial charge in [0, 0.05) is 50.9 Å². The molecule has 1 fully saturated rings. The summed E-state index contributed by atoms with van der Waals surface area (Å²) in [6, 6.07) is 11.3. The highest BCUT2D eigenvalue weighted by molar-refractivity contribution is 6.01. The first-order chi connectivity index (χ1) is 17.6. The molecule has 196 valence electrons. The van der Waals surface area contributed by atoms with E-state index in [1.807, 2.05) is 0 Å². The zero-order chi connectivity index (χ0) is 26.7. The van der Waals surface area contributed by atoms with Gasteiger partial charge >= 0.3 is 5.97 Å². The number of quaternary nitrogens is 1. The lowest BCUT2D eigenvalue weighted by molar-refractivity contribution is -0.655. The summed E-state index contributed by atoms with van der Waals surface area (Å²) in [6.45, 7) is 10.7. The lowest BCUT2D eigenvalue weighted by atomic mass is 9.71. The molecular weight excluding hydrogens is 466 g/mol. The van der Waals surface area contributed by atoms with E-state index in [1.165, 1.54) is 33.2 Å². The molecule has 2 aliphatic rings. The third-order valence-corrected chi connectivity index (χ3v) is 7.43. The number of benzene rings is 2. The van der Waals surface area contributed by atoms with Crippen LogP contribution in [0.15, 0.2) is 30.3 Å². The molecule has 0 radical (unpaired) electrons. The Morgan fingerprint density at radius 2 is 1.76 bits per heavy atom. The Balaban J connectivity index is 1.29. The van der Waals surface area contributed by atoms with E-state index in [2.05, 4.69) is 81.1 Å². The van der Waals surface area contributed by atoms with Gasteiger partial charge in [-0.05, 0) is 57.3 Å². The molecule has 4 rings (SSSR count). The number of hydroxylamine groups is 2. The molecule has 2 aromatic carbocycles. The maximum Gasteiger partial charge on any atom is 0.333 e. The quantitative estimate of drug-likeness (QED) is 0.392. The van der Waals surface area contributed by atoms with Crippen molar-refractivity contribution in [2.75, 3.05) is 32.1 Å². The minimum absolute atomic E-state index is 0.0965. The van der Waals surface area contributed by atoms with Crippen LogP contribution in [0.4, 0.5) is 5.69 Å². The molecule has 0 aromatic heterocycles. The molecule has 0 saturated carbocycles. The molecule has 1 saturated heterocycles. The number of nitrogens with zero attached hydrogens (tertiary/aromatic N) is 2. The van der Waals surface area contributed by atoms with Gasteiger partial charge in [0.2, 0.25) is 0 Å². The average molecular weight is 505 g/mol. The highest BCUT2D eigenvalue weighted by Gasteiger charge is 2.33. The highest BCUT2D eigenvalue weighted by atomic mass is 16.7. The van der Waals surface area contributed by atoms with Crippen molar-refractivity contribution in [3.8, 4) is 0 Å². The van der Waals surface area contributed by atoms with E-state index in [-0.39, 0.29) is 24.7 Å². The largest absolute Gasteiger partial charge is 0.378 e. The molecule has 1 aliphatic carbocycles. The Morgan fingerprint density at radius 1 is 1.05 bits per heavy atom. The molecule has 0 atom stereocenters. The molecule has 37 heavy (non-hydrogen) atoms. The number of aryl methyl sites for hydroxylation is 1. The van der Waals surface area contributed by atoms with E-state index in [4.69, 9.17) is 4.84 Å². The van der Waals surface area contributed by atoms with Crippen molar-refractivity contribution < 1.29 is 24.5 Å². The maximum absolute atomic E-state index is 11.9. The summed E-state index contributed by atoms with van der Waals surface area (Å²) in [5.74, 6) is -1.42. The third kappa shape index (κ3) is 5.77. The standard InChI is InChI=1S/C30H37N3O4/c1-20-16-25-23(18-22-10-11-24(32(4)5)19-26(22)30(25,2)3)17-21(20)8-6-14-31-15-7-9-29(36)37-33-27(34)12-13-28(33)35/h10-11,16-19,31H,1,6-9,12-15H2,2-5H3/p+1. The van der Waals surface area contributed by atoms with Gasteiger partial charge in [0.15, 0.2) is 0 Å². The van der Waals surface area contributed by atoms with Crippen LogP contribution in [-0.4, -0.2) is 50.0 Å². The van der Waals surface area contributed by atoms with Gasteiger partial charge in [0.05, 0.1) is 19.5 Å². The topological polar surface area (TPSA) is 83.5 Å². The number of rotatable bonds is 10. The van der Waals surface area contributed by atoms with Crippen LogP contribution in [0.25, 0.3) is 12.7 Å². The molecule has 0 unspecified atom stereocenters. The Kier molecular flexibility index (Phi) is 7.83. The molecule has 1 aliphatic heterocycles. The second kappa shape index (κ2) is 10.9. The fourth-order valence-corrected chi connectivity index (χ4v) is 5.18. The average Bonchev–Trinajstić information content (AvgIpc) is 3.16. The van der Waals surface area contributed by atoms with Crippen molar-refractivity contribution in [1.82, 2.24) is 5.06 Å². The van der Waals surface area contributed by atoms with E-state index in [1.54, 1.807) is 0 Å². The number of hydrogen-bond acceptors (Lipinski definition) is 5. The van der Waals surface area contributed by atoms with E-state index in [9.17, 15) is 14.4 Å². The number of hydrogen-bond donors (Lipinski definition) is 1. The van der Waals surface area contributed by atoms with Crippen LogP contribution in [0.1, 0.15) is 68.2 Å². The van der Waals surface area contributed by atoms with E-state index in [0.29, 0.717) is 11.5 Å². The fourth-order valence-electron chi connectivity index (χ4n) is 5.18. The van der Waals surface area contributed by atoms with E-state index in [0.717, 1.165) is 31.1 Å². The Hall–Kier alpha value is -3.45. The Labute approximate surface area is 218 Å². The van der Waals surface area contributed by atoms with Gasteiger partial charge in [-0.15, -0.1) is 5.06 Å². The highest BCUT2D eigenvalue weighted by Crippen LogP contribution is 2.36. The summed E-state index contributed by atoms with van der Waals surface area (Å²) in [5.41, 5.74) is 6.32. The number of carbonyl (C=O) groups excluding carboxylic acids is 3. The van der Waals surface area contributed by atoms with Gasteiger partial charge in [-0.3, -0.25) is 9.59 Å². The number of fused-ring (bicyclic) bond motifs is 2. The van der Waals surface area contributed by atoms with Crippen LogP contribution in [-0.2, 0) is 31.1 Å². The molecular formula is C30H38N3O4+. The van der Waals surface area contributed by atoms with Gasteiger partial charge in [-0.1, -0.05) is 38.6 Å². The number of imide groups is 1. The second-order valence-corrected chi connectivity index (χ2v) is 10.8. The minimum atomic E-state index is -0.536. The second-order valence-electron chi connectivity index (χ2n) is 10.8. The van der Waals surface area contributed by atoms with Crippen molar-refractivity contribution in [3.05, 3.63) is 63.0 Å². The van der Waals surface area contributed by atoms with Gasteiger partial charge in [-0.2, -0.15) is 0 Å². The predicted molar refractivity (Wildman–Crippen MR) is 144 cm³/mol. The lowest BCUT2D eigenvalue weighted by Gasteiger charge is -2.33. The number of carbonyl (C=O) groups is 3. The lowest BCUT2D eigenvalue weighted by Crippen LogP contribution is -2.84. The molecule has 7 heteroatoms. The van der Waals surface area contributed by atoms with Crippen LogP contribution >= 0.6 is 0 Å². The molecule has 0 bridgehead atoms. The van der Waals surface area contributed by atoms with Gasteiger partial charge in [0.25, 0.3) is 11.8 Å². The first-order valence-corrected chi connectivity index (χ1v) is 13.1. The molecule has 2 N–H and O–H groups in total. The SMILES string of the molecule is C=c1cc2c(cc1CCC[NH2+]CCCC(=O)ON1C(=O)CCC1=O)=Cc1ccc(N(C)C)cc1C2(C)C. The first-order valence-electron chi connectivity index (χ1n) is 13.1. The van der Waals surface area contributed by atoms with Crippen LogP contribution < -0.4 is 20.7 Å². The van der Waals surface area contributed by atoms with E-state index < -0.39 is 17.8 Å². The van der Waals surface area contributed by atoms with Crippen LogP contribution in [0.2, 0.25) is 0 Å². The van der Waals surface area contributed by atoms with E-state index >= 15 is 0 Å². The van der Waals surface area contributed by atoms with Crippen molar-refractivity contribution >= 4 is 36.1 Å². The smallest absolute Gasteiger partial charge is 0.333 e. The normalized spacial score (nSPS) is 15.7. The van der Waals surface area contributed by atoms with Crippen molar-refractivity contribution in [2.24, 2.45) is 0 Å². The summed E-state index contributed by atoms with van der Waals surface area (Å²) in [5, 5.41) is 5.16. The summed E-state index contributed by atoms with van der Waals surface area (Å²) in [6.07, 6.45) is 5.30. The molecule has 2 aromatic rings. The van der Waals surface area contributed by atoms with Gasteiger partial charge in [0.1, 0.15) is 0 Å². The molecule has 7 nitrogen and oxygen atoms in total. The molecule has 1 heterocycles. The van der Waals surface area contributed by atoms with Crippen LogP contribution in [0.3, 0.4) is 0 Å². The predicted octanol–water partition coefficient (Wildman–Crippen LogP) is 1.51.